The fourth-order valence-corrected chi connectivity index (χ4v) is 2.26. The van der Waals surface area contributed by atoms with Crippen LogP contribution in [0.15, 0.2) is 28.7 Å². The topological polar surface area (TPSA) is 77.5 Å². The van der Waals surface area contributed by atoms with Gasteiger partial charge in [-0.3, -0.25) is 10.2 Å². The zero-order valence-electron chi connectivity index (χ0n) is 12.5. The third kappa shape index (κ3) is 3.83. The van der Waals surface area contributed by atoms with Gasteiger partial charge in [-0.1, -0.05) is 32.0 Å². The van der Waals surface area contributed by atoms with Crippen molar-refractivity contribution in [3.63, 3.8) is 0 Å². The van der Waals surface area contributed by atoms with E-state index in [-0.39, 0.29) is 5.76 Å². The number of rotatable bonds is 7. The number of fused-ring (bicyclic) bond motifs is 1. The first-order chi connectivity index (χ1) is 10.1. The average Bonchev–Trinajstić information content (AvgIpc) is 2.85. The van der Waals surface area contributed by atoms with Crippen LogP contribution >= 0.6 is 0 Å². The number of hydrazine groups is 1. The van der Waals surface area contributed by atoms with Gasteiger partial charge in [0.05, 0.1) is 6.61 Å². The number of benzene rings is 1. The van der Waals surface area contributed by atoms with E-state index in [1.54, 1.807) is 0 Å². The van der Waals surface area contributed by atoms with Crippen molar-refractivity contribution < 1.29 is 13.9 Å². The Morgan fingerprint density at radius 3 is 2.86 bits per heavy atom. The van der Waals surface area contributed by atoms with E-state index in [0.29, 0.717) is 24.7 Å². The summed E-state index contributed by atoms with van der Waals surface area (Å²) in [6.45, 7) is 5.39. The Bertz CT molecular complexity index is 605. The summed E-state index contributed by atoms with van der Waals surface area (Å²) in [5.74, 6) is 5.66. The molecule has 5 nitrogen and oxygen atoms in total. The summed E-state index contributed by atoms with van der Waals surface area (Å²) in [5, 5.41) is 0.889. The number of ether oxygens (including phenoxy) is 1. The molecule has 0 saturated carbocycles. The molecule has 1 heterocycles. The highest BCUT2D eigenvalue weighted by Crippen LogP contribution is 2.26. The van der Waals surface area contributed by atoms with Crippen molar-refractivity contribution >= 4 is 16.9 Å². The number of nitrogen functional groups attached to an aromatic ring is 1. The molecule has 21 heavy (non-hydrogen) atoms. The van der Waals surface area contributed by atoms with Crippen LogP contribution in [0.3, 0.4) is 0 Å². The lowest BCUT2D eigenvalue weighted by molar-refractivity contribution is 0.0907. The second kappa shape index (κ2) is 7.24. The highest BCUT2D eigenvalue weighted by molar-refractivity contribution is 5.98. The Labute approximate surface area is 124 Å². The molecule has 0 radical (unpaired) electrons. The fraction of sp³-hybridized carbons (Fsp3) is 0.438. The monoisotopic (exact) mass is 290 g/mol. The van der Waals surface area contributed by atoms with Crippen molar-refractivity contribution in [3.05, 3.63) is 35.6 Å². The molecule has 0 fully saturated rings. The van der Waals surface area contributed by atoms with Gasteiger partial charge in [0.1, 0.15) is 5.58 Å². The van der Waals surface area contributed by atoms with Crippen molar-refractivity contribution in [2.24, 2.45) is 11.8 Å². The van der Waals surface area contributed by atoms with Crippen molar-refractivity contribution in [1.82, 2.24) is 5.43 Å². The van der Waals surface area contributed by atoms with Gasteiger partial charge in [0, 0.05) is 17.6 Å². The molecule has 0 atom stereocenters. The lowest BCUT2D eigenvalue weighted by Crippen LogP contribution is -2.30. The van der Waals surface area contributed by atoms with Gasteiger partial charge in [0.25, 0.3) is 0 Å². The summed E-state index contributed by atoms with van der Waals surface area (Å²) in [6, 6.07) is 7.51. The summed E-state index contributed by atoms with van der Waals surface area (Å²) < 4.78 is 11.3. The highest BCUT2D eigenvalue weighted by Gasteiger charge is 2.19. The molecule has 0 aliphatic rings. The van der Waals surface area contributed by atoms with Crippen LogP contribution < -0.4 is 11.3 Å². The Kier molecular flexibility index (Phi) is 5.36. The summed E-state index contributed by atoms with van der Waals surface area (Å²) >= 11 is 0. The largest absolute Gasteiger partial charge is 0.450 e. The first-order valence-electron chi connectivity index (χ1n) is 7.22. The summed E-state index contributed by atoms with van der Waals surface area (Å²) in [7, 11) is 0. The third-order valence-corrected chi connectivity index (χ3v) is 3.35. The normalized spacial score (nSPS) is 11.2. The minimum atomic E-state index is -0.438. The van der Waals surface area contributed by atoms with E-state index in [4.69, 9.17) is 15.0 Å². The minimum Gasteiger partial charge on any atom is -0.450 e. The van der Waals surface area contributed by atoms with Gasteiger partial charge in [-0.05, 0) is 24.8 Å². The van der Waals surface area contributed by atoms with Crippen LogP contribution in [0.25, 0.3) is 11.0 Å². The molecule has 0 spiro atoms. The molecule has 1 amide bonds. The molecule has 5 heteroatoms. The van der Waals surface area contributed by atoms with Crippen LogP contribution in [-0.4, -0.2) is 12.5 Å². The van der Waals surface area contributed by atoms with Gasteiger partial charge in [-0.15, -0.1) is 0 Å². The van der Waals surface area contributed by atoms with Crippen molar-refractivity contribution in [2.45, 2.75) is 33.3 Å². The third-order valence-electron chi connectivity index (χ3n) is 3.35. The number of furan rings is 1. The number of nitrogens with two attached hydrogens (primary N) is 1. The van der Waals surface area contributed by atoms with Crippen LogP contribution in [0.2, 0.25) is 0 Å². The maximum Gasteiger partial charge on any atom is 0.301 e. The van der Waals surface area contributed by atoms with Crippen molar-refractivity contribution in [2.75, 3.05) is 6.61 Å². The maximum absolute atomic E-state index is 11.8. The zero-order chi connectivity index (χ0) is 15.2. The van der Waals surface area contributed by atoms with Crippen LogP contribution in [0.5, 0.6) is 0 Å². The Hall–Kier alpha value is -1.85. The van der Waals surface area contributed by atoms with E-state index >= 15 is 0 Å². The second-order valence-corrected chi connectivity index (χ2v) is 5.47. The quantitative estimate of drug-likeness (QED) is 0.356. The van der Waals surface area contributed by atoms with E-state index < -0.39 is 5.91 Å². The van der Waals surface area contributed by atoms with Gasteiger partial charge < -0.3 is 9.15 Å². The number of carbonyl (C=O) groups excluding carboxylic acids is 1. The van der Waals surface area contributed by atoms with E-state index in [1.165, 1.54) is 0 Å². The number of carbonyl (C=O) groups is 1. The number of hydrogen-bond donors (Lipinski definition) is 2. The van der Waals surface area contributed by atoms with E-state index in [2.05, 4.69) is 19.3 Å². The first kappa shape index (κ1) is 15.5. The Morgan fingerprint density at radius 2 is 2.14 bits per heavy atom. The molecular formula is C16H22N2O3. The first-order valence-corrected chi connectivity index (χ1v) is 7.22. The lowest BCUT2D eigenvalue weighted by Gasteiger charge is -2.06. The van der Waals surface area contributed by atoms with Crippen LogP contribution in [-0.2, 0) is 11.3 Å². The van der Waals surface area contributed by atoms with Crippen molar-refractivity contribution in [1.29, 1.82) is 0 Å². The number of para-hydroxylation sites is 1. The molecule has 3 N–H and O–H groups in total. The Morgan fingerprint density at radius 1 is 1.38 bits per heavy atom. The number of amides is 1. The number of hydrogen-bond acceptors (Lipinski definition) is 4. The van der Waals surface area contributed by atoms with Gasteiger partial charge in [0.15, 0.2) is 5.76 Å². The summed E-state index contributed by atoms with van der Waals surface area (Å²) in [6.07, 6.45) is 2.13. The molecule has 114 valence electrons. The lowest BCUT2D eigenvalue weighted by atomic mass is 10.1. The van der Waals surface area contributed by atoms with Gasteiger partial charge in [-0.25, -0.2) is 5.84 Å². The zero-order valence-corrected chi connectivity index (χ0v) is 12.5. The van der Waals surface area contributed by atoms with E-state index in [1.807, 2.05) is 24.3 Å². The molecule has 2 rings (SSSR count). The molecule has 0 saturated heterocycles. The Balaban J connectivity index is 2.11. The molecule has 0 bridgehead atoms. The SMILES string of the molecule is CC(C)CCCOCc1c(C(=O)NN)oc2ccccc12. The van der Waals surface area contributed by atoms with Crippen LogP contribution in [0, 0.1) is 5.92 Å². The maximum atomic E-state index is 11.8. The van der Waals surface area contributed by atoms with Gasteiger partial charge in [-0.2, -0.15) is 0 Å². The van der Waals surface area contributed by atoms with E-state index in [9.17, 15) is 4.79 Å². The highest BCUT2D eigenvalue weighted by atomic mass is 16.5. The second-order valence-electron chi connectivity index (χ2n) is 5.47. The molecule has 0 aliphatic heterocycles. The van der Waals surface area contributed by atoms with Crippen LogP contribution in [0.1, 0.15) is 42.8 Å². The predicted molar refractivity (Wildman–Crippen MR) is 81.6 cm³/mol. The molecular weight excluding hydrogens is 268 g/mol. The standard InChI is InChI=1S/C16H22N2O3/c1-11(2)6-5-9-20-10-13-12-7-3-4-8-14(12)21-15(13)16(19)18-17/h3-4,7-8,11H,5-6,9-10,17H2,1-2H3,(H,18,19). The molecule has 0 unspecified atom stereocenters. The molecule has 2 aromatic rings. The average molecular weight is 290 g/mol. The van der Waals surface area contributed by atoms with Gasteiger partial charge >= 0.3 is 5.91 Å². The fourth-order valence-electron chi connectivity index (χ4n) is 2.26. The molecule has 1 aromatic heterocycles. The van der Waals surface area contributed by atoms with Crippen molar-refractivity contribution in [3.8, 4) is 0 Å². The molecule has 1 aromatic carbocycles. The van der Waals surface area contributed by atoms with Crippen LogP contribution in [0.4, 0.5) is 0 Å². The molecule has 0 aliphatic carbocycles. The van der Waals surface area contributed by atoms with Gasteiger partial charge in [0.2, 0.25) is 0 Å². The summed E-state index contributed by atoms with van der Waals surface area (Å²) in [4.78, 5) is 11.8. The van der Waals surface area contributed by atoms with E-state index in [0.717, 1.165) is 23.8 Å². The minimum absolute atomic E-state index is 0.225. The number of nitrogens with one attached hydrogen (secondary N) is 1. The smallest absolute Gasteiger partial charge is 0.301 e. The summed E-state index contributed by atoms with van der Waals surface area (Å²) in [5.41, 5.74) is 3.52. The predicted octanol–water partition coefficient (Wildman–Crippen LogP) is 2.99.